The molecule has 1 unspecified atom stereocenters. The number of nitrogens with two attached hydrogens (primary N) is 1. The molecule has 0 spiro atoms. The number of benzene rings is 1. The van der Waals surface area contributed by atoms with E-state index < -0.39 is 7.14 Å². The zero-order valence-corrected chi connectivity index (χ0v) is 14.0. The Bertz CT molecular complexity index is 733. The van der Waals surface area contributed by atoms with Crippen molar-refractivity contribution in [2.45, 2.75) is 38.8 Å². The second-order valence-corrected chi connectivity index (χ2v) is 10.3. The predicted octanol–water partition coefficient (Wildman–Crippen LogP) is 2.11. The Kier molecular flexibility index (Phi) is 2.90. The maximum Gasteiger partial charge on any atom is 0.287 e. The lowest BCUT2D eigenvalue weighted by atomic mass is 9.83. The molecule has 0 radical (unpaired) electrons. The lowest BCUT2D eigenvalue weighted by Gasteiger charge is -2.35. The summed E-state index contributed by atoms with van der Waals surface area (Å²) in [6, 6.07) is 8.12. The van der Waals surface area contributed by atoms with Crippen molar-refractivity contribution in [1.29, 1.82) is 0 Å². The molecule has 1 aromatic carbocycles. The zero-order valence-electron chi connectivity index (χ0n) is 12.3. The molecule has 1 aliphatic rings. The average molecular weight is 307 g/mol. The molecule has 2 aromatic rings. The highest BCUT2D eigenvalue weighted by atomic mass is 32.1. The lowest BCUT2D eigenvalue weighted by molar-refractivity contribution is -0.615. The van der Waals surface area contributed by atoms with Crippen molar-refractivity contribution in [3.05, 3.63) is 40.2 Å². The minimum atomic E-state index is -2.69. The van der Waals surface area contributed by atoms with Crippen LogP contribution in [0.3, 0.4) is 0 Å². The first-order valence-electron chi connectivity index (χ1n) is 6.80. The molecule has 0 bridgehead atoms. The van der Waals surface area contributed by atoms with Gasteiger partial charge in [-0.2, -0.15) is 0 Å². The van der Waals surface area contributed by atoms with E-state index in [4.69, 9.17) is 5.84 Å². The summed E-state index contributed by atoms with van der Waals surface area (Å²) in [5.41, 5.74) is 3.77. The first-order chi connectivity index (χ1) is 9.31. The molecule has 5 heteroatoms. The molecule has 0 fully saturated rings. The van der Waals surface area contributed by atoms with Crippen molar-refractivity contribution in [3.63, 3.8) is 0 Å². The number of hydrogen-bond donors (Lipinski definition) is 1. The van der Waals surface area contributed by atoms with Crippen LogP contribution in [0.1, 0.15) is 38.1 Å². The normalized spacial score (nSPS) is 23.4. The van der Waals surface area contributed by atoms with Gasteiger partial charge in [0.1, 0.15) is 0 Å². The molecule has 2 N–H and O–H groups in total. The summed E-state index contributed by atoms with van der Waals surface area (Å²) in [5.74, 6) is 6.11. The molecule has 0 amide bonds. The summed E-state index contributed by atoms with van der Waals surface area (Å²) in [7, 11) is -2.69. The highest BCUT2D eigenvalue weighted by molar-refractivity contribution is 7.79. The minimum absolute atomic E-state index is 0.0444. The number of rotatable bonds is 1. The third-order valence-corrected chi connectivity index (χ3v) is 9.34. The number of aromatic nitrogens is 1. The Hall–Kier alpha value is -1.12. The van der Waals surface area contributed by atoms with Crippen LogP contribution < -0.4 is 21.3 Å². The van der Waals surface area contributed by atoms with Crippen LogP contribution in [-0.2, 0) is 9.98 Å². The largest absolute Gasteiger partial charge is 0.307 e. The van der Waals surface area contributed by atoms with Gasteiger partial charge in [0.2, 0.25) is 7.14 Å². The maximum absolute atomic E-state index is 13.9. The standard InChI is InChI=1S/C15H20N2OPS/c1-10(2)19(18)12-8-6-5-7-11(12)15(3,4)13-14(19)17(16)9-20-13/h5-10H,16H2,1-4H3/q+1. The Morgan fingerprint density at radius 3 is 2.60 bits per heavy atom. The Morgan fingerprint density at radius 1 is 1.30 bits per heavy atom. The molecule has 2 heterocycles. The van der Waals surface area contributed by atoms with Crippen LogP contribution in [0, 0.1) is 0 Å². The zero-order chi connectivity index (χ0) is 14.7. The second kappa shape index (κ2) is 4.19. The number of thiazole rings is 1. The van der Waals surface area contributed by atoms with Crippen molar-refractivity contribution in [3.8, 4) is 0 Å². The molecule has 106 valence electrons. The third-order valence-electron chi connectivity index (χ3n) is 4.28. The topological polar surface area (TPSA) is 47.0 Å². The summed E-state index contributed by atoms with van der Waals surface area (Å²) < 4.78 is 15.4. The Balaban J connectivity index is 2.48. The molecule has 3 rings (SSSR count). The quantitative estimate of drug-likeness (QED) is 0.498. The van der Waals surface area contributed by atoms with Gasteiger partial charge < -0.3 is 4.57 Å². The van der Waals surface area contributed by atoms with Crippen molar-refractivity contribution in [2.24, 2.45) is 0 Å². The van der Waals surface area contributed by atoms with Gasteiger partial charge in [0.05, 0.1) is 4.88 Å². The summed E-state index contributed by atoms with van der Waals surface area (Å²) in [4.78, 5) is 1.13. The summed E-state index contributed by atoms with van der Waals surface area (Å²) in [6.45, 7) is 8.42. The SMILES string of the molecule is CC(C)P1(=O)c2ccccc2C(C)(C)c2sc[n+](N)c21. The number of nitrogen functional groups attached to an aromatic ring is 1. The van der Waals surface area contributed by atoms with Crippen molar-refractivity contribution >= 4 is 29.2 Å². The highest BCUT2D eigenvalue weighted by Crippen LogP contribution is 2.55. The first kappa shape index (κ1) is 13.8. The highest BCUT2D eigenvalue weighted by Gasteiger charge is 2.52. The van der Waals surface area contributed by atoms with E-state index >= 15 is 0 Å². The van der Waals surface area contributed by atoms with Gasteiger partial charge in [0.15, 0.2) is 0 Å². The van der Waals surface area contributed by atoms with Crippen LogP contribution >= 0.6 is 18.5 Å². The van der Waals surface area contributed by atoms with Crippen molar-refractivity contribution in [2.75, 3.05) is 5.84 Å². The van der Waals surface area contributed by atoms with Crippen molar-refractivity contribution < 1.29 is 9.24 Å². The molecular weight excluding hydrogens is 287 g/mol. The van der Waals surface area contributed by atoms with E-state index in [-0.39, 0.29) is 11.1 Å². The molecule has 0 saturated heterocycles. The second-order valence-electron chi connectivity index (χ2n) is 6.18. The molecular formula is C15H20N2OPS+. The Morgan fingerprint density at radius 2 is 1.95 bits per heavy atom. The van der Waals surface area contributed by atoms with Gasteiger partial charge in [-0.05, 0) is 5.56 Å². The van der Waals surface area contributed by atoms with Gasteiger partial charge in [0, 0.05) is 16.4 Å². The van der Waals surface area contributed by atoms with E-state index in [0.717, 1.165) is 15.6 Å². The van der Waals surface area contributed by atoms with Crippen LogP contribution in [0.4, 0.5) is 0 Å². The fourth-order valence-corrected chi connectivity index (χ4v) is 7.99. The van der Waals surface area contributed by atoms with Crippen LogP contribution in [0.2, 0.25) is 0 Å². The van der Waals surface area contributed by atoms with E-state index in [1.54, 1.807) is 16.0 Å². The van der Waals surface area contributed by atoms with E-state index in [1.807, 2.05) is 37.6 Å². The maximum atomic E-state index is 13.9. The fourth-order valence-electron chi connectivity index (χ4n) is 3.13. The minimum Gasteiger partial charge on any atom is -0.307 e. The van der Waals surface area contributed by atoms with Gasteiger partial charge >= 0.3 is 0 Å². The average Bonchev–Trinajstić information content (AvgIpc) is 2.80. The number of nitrogens with zero attached hydrogens (tertiary/aromatic N) is 1. The fraction of sp³-hybridized carbons (Fsp3) is 0.400. The van der Waals surface area contributed by atoms with E-state index in [0.29, 0.717) is 0 Å². The molecule has 1 aliphatic heterocycles. The van der Waals surface area contributed by atoms with Gasteiger partial charge in [-0.25, -0.2) is 5.84 Å². The van der Waals surface area contributed by atoms with E-state index in [9.17, 15) is 4.57 Å². The molecule has 20 heavy (non-hydrogen) atoms. The molecule has 0 saturated carbocycles. The third kappa shape index (κ3) is 1.52. The monoisotopic (exact) mass is 307 g/mol. The van der Waals surface area contributed by atoms with Crippen LogP contribution in [0.5, 0.6) is 0 Å². The summed E-state index contributed by atoms with van der Waals surface area (Å²) >= 11 is 1.61. The van der Waals surface area contributed by atoms with E-state index in [2.05, 4.69) is 19.9 Å². The lowest BCUT2D eigenvalue weighted by Crippen LogP contribution is -2.59. The van der Waals surface area contributed by atoms with Crippen LogP contribution in [0.15, 0.2) is 29.8 Å². The van der Waals surface area contributed by atoms with Gasteiger partial charge in [-0.3, -0.25) is 0 Å². The first-order valence-corrected chi connectivity index (χ1v) is 9.46. The van der Waals surface area contributed by atoms with Gasteiger partial charge in [-0.1, -0.05) is 68.0 Å². The summed E-state index contributed by atoms with van der Waals surface area (Å²) in [5, 5.41) is 0.977. The van der Waals surface area contributed by atoms with Gasteiger partial charge in [0.25, 0.3) is 10.9 Å². The predicted molar refractivity (Wildman–Crippen MR) is 85.2 cm³/mol. The molecule has 1 aromatic heterocycles. The smallest absolute Gasteiger partial charge is 0.287 e. The number of hydrogen-bond acceptors (Lipinski definition) is 3. The molecule has 1 atom stereocenters. The van der Waals surface area contributed by atoms with Gasteiger partial charge in [-0.15, -0.1) is 0 Å². The van der Waals surface area contributed by atoms with E-state index in [1.165, 1.54) is 5.56 Å². The molecule has 0 aliphatic carbocycles. The van der Waals surface area contributed by atoms with Crippen LogP contribution in [-0.4, -0.2) is 5.66 Å². The Labute approximate surface area is 123 Å². The van der Waals surface area contributed by atoms with Crippen LogP contribution in [0.25, 0.3) is 0 Å². The molecule has 3 nitrogen and oxygen atoms in total. The number of fused-ring (bicyclic) bond motifs is 2. The van der Waals surface area contributed by atoms with Crippen molar-refractivity contribution in [1.82, 2.24) is 0 Å². The summed E-state index contributed by atoms with van der Waals surface area (Å²) in [6.07, 6.45) is 0.